The number of sulfonamides is 1. The smallest absolute Gasteiger partial charge is 0.243 e. The molecule has 2 unspecified atom stereocenters. The highest BCUT2D eigenvalue weighted by molar-refractivity contribution is 7.89. The van der Waals surface area contributed by atoms with Crippen molar-refractivity contribution in [2.24, 2.45) is 0 Å². The molecule has 5 nitrogen and oxygen atoms in total. The zero-order valence-corrected chi connectivity index (χ0v) is 14.9. The van der Waals surface area contributed by atoms with Gasteiger partial charge in [0.1, 0.15) is 6.04 Å². The molecule has 1 fully saturated rings. The van der Waals surface area contributed by atoms with Crippen LogP contribution < -0.4 is 5.32 Å². The van der Waals surface area contributed by atoms with Crippen LogP contribution in [0.1, 0.15) is 45.1 Å². The molecule has 0 bridgehead atoms. The fourth-order valence-corrected chi connectivity index (χ4v) is 4.64. The first-order valence-corrected chi connectivity index (χ1v) is 9.69. The van der Waals surface area contributed by atoms with Gasteiger partial charge in [-0.1, -0.05) is 31.0 Å². The Bertz CT molecular complexity index is 640. The second-order valence-corrected chi connectivity index (χ2v) is 8.18. The van der Waals surface area contributed by atoms with Crippen LogP contribution in [0, 0.1) is 6.92 Å². The Morgan fingerprint density at radius 1 is 1.35 bits per heavy atom. The van der Waals surface area contributed by atoms with Gasteiger partial charge in [0, 0.05) is 12.6 Å². The molecule has 2 rings (SSSR count). The molecule has 0 aromatic heterocycles. The molecule has 23 heavy (non-hydrogen) atoms. The quantitative estimate of drug-likeness (QED) is 0.866. The van der Waals surface area contributed by atoms with Crippen molar-refractivity contribution in [2.45, 2.75) is 63.4 Å². The topological polar surface area (TPSA) is 66.5 Å². The first-order chi connectivity index (χ1) is 10.9. The molecule has 1 aliphatic rings. The summed E-state index contributed by atoms with van der Waals surface area (Å²) in [5, 5.41) is 2.94. The molecule has 1 saturated heterocycles. The van der Waals surface area contributed by atoms with Gasteiger partial charge in [-0.15, -0.1) is 0 Å². The van der Waals surface area contributed by atoms with Crippen molar-refractivity contribution in [3.8, 4) is 0 Å². The van der Waals surface area contributed by atoms with Crippen molar-refractivity contribution in [1.82, 2.24) is 9.62 Å². The van der Waals surface area contributed by atoms with E-state index in [1.807, 2.05) is 13.8 Å². The normalized spacial score (nSPS) is 20.4. The molecule has 1 aromatic rings. The van der Waals surface area contributed by atoms with E-state index < -0.39 is 16.1 Å². The highest BCUT2D eigenvalue weighted by Crippen LogP contribution is 2.26. The molecule has 128 valence electrons. The molecule has 1 amide bonds. The maximum atomic E-state index is 12.8. The molecule has 0 radical (unpaired) electrons. The Morgan fingerprint density at radius 3 is 2.61 bits per heavy atom. The molecular weight excluding hydrogens is 312 g/mol. The lowest BCUT2D eigenvalue weighted by Crippen LogP contribution is -2.48. The average Bonchev–Trinajstić information content (AvgIpc) is 2.98. The standard InChI is InChI=1S/C17H26N2O3S/c1-4-6-14(3)18-17(20)16-7-5-12-19(16)23(21,22)15-10-8-13(2)9-11-15/h8-11,14,16H,4-7,12H2,1-3H3,(H,18,20). The molecular formula is C17H26N2O3S. The van der Waals surface area contributed by atoms with Gasteiger partial charge in [-0.2, -0.15) is 4.31 Å². The largest absolute Gasteiger partial charge is 0.352 e. The molecule has 2 atom stereocenters. The van der Waals surface area contributed by atoms with E-state index in [-0.39, 0.29) is 16.8 Å². The molecule has 1 heterocycles. The predicted octanol–water partition coefficient (Wildman–Crippen LogP) is 2.45. The van der Waals surface area contributed by atoms with Gasteiger partial charge in [-0.05, 0) is 45.2 Å². The molecule has 1 aromatic carbocycles. The second kappa shape index (κ2) is 7.45. The molecule has 1 aliphatic heterocycles. The lowest BCUT2D eigenvalue weighted by atomic mass is 10.1. The monoisotopic (exact) mass is 338 g/mol. The minimum atomic E-state index is -3.63. The maximum absolute atomic E-state index is 12.8. The number of hydrogen-bond acceptors (Lipinski definition) is 3. The van der Waals surface area contributed by atoms with Gasteiger partial charge in [0.2, 0.25) is 15.9 Å². The Kier molecular flexibility index (Phi) is 5.81. The predicted molar refractivity (Wildman–Crippen MR) is 90.6 cm³/mol. The van der Waals surface area contributed by atoms with E-state index in [2.05, 4.69) is 12.2 Å². The fourth-order valence-electron chi connectivity index (χ4n) is 2.98. The molecule has 6 heteroatoms. The summed E-state index contributed by atoms with van der Waals surface area (Å²) in [6, 6.07) is 6.25. The summed E-state index contributed by atoms with van der Waals surface area (Å²) in [6.07, 6.45) is 3.17. The minimum absolute atomic E-state index is 0.0667. The van der Waals surface area contributed by atoms with Crippen LogP contribution in [-0.2, 0) is 14.8 Å². The van der Waals surface area contributed by atoms with Crippen LogP contribution in [0.4, 0.5) is 0 Å². The van der Waals surface area contributed by atoms with Gasteiger partial charge < -0.3 is 5.32 Å². The number of carbonyl (C=O) groups excluding carboxylic acids is 1. The fraction of sp³-hybridized carbons (Fsp3) is 0.588. The SMILES string of the molecule is CCCC(C)NC(=O)C1CCCN1S(=O)(=O)c1ccc(C)cc1. The van der Waals surface area contributed by atoms with E-state index in [1.165, 1.54) is 4.31 Å². The summed E-state index contributed by atoms with van der Waals surface area (Å²) in [7, 11) is -3.63. The Hall–Kier alpha value is -1.40. The van der Waals surface area contributed by atoms with Crippen LogP contribution in [0.15, 0.2) is 29.2 Å². The van der Waals surface area contributed by atoms with Gasteiger partial charge in [-0.3, -0.25) is 4.79 Å². The van der Waals surface area contributed by atoms with Gasteiger partial charge in [0.05, 0.1) is 4.90 Å². The number of benzene rings is 1. The van der Waals surface area contributed by atoms with Crippen LogP contribution in [0.3, 0.4) is 0 Å². The Labute approximate surface area is 139 Å². The highest BCUT2D eigenvalue weighted by atomic mass is 32.2. The average molecular weight is 338 g/mol. The second-order valence-electron chi connectivity index (χ2n) is 6.29. The van der Waals surface area contributed by atoms with E-state index in [0.29, 0.717) is 19.4 Å². The molecule has 0 spiro atoms. The van der Waals surface area contributed by atoms with Gasteiger partial charge in [0.15, 0.2) is 0 Å². The van der Waals surface area contributed by atoms with E-state index in [1.54, 1.807) is 24.3 Å². The third-order valence-electron chi connectivity index (χ3n) is 4.24. The number of rotatable bonds is 6. The van der Waals surface area contributed by atoms with Crippen molar-refractivity contribution in [2.75, 3.05) is 6.54 Å². The van der Waals surface area contributed by atoms with Crippen molar-refractivity contribution in [3.63, 3.8) is 0 Å². The van der Waals surface area contributed by atoms with E-state index >= 15 is 0 Å². The third-order valence-corrected chi connectivity index (χ3v) is 6.17. The Morgan fingerprint density at radius 2 is 2.00 bits per heavy atom. The zero-order valence-electron chi connectivity index (χ0n) is 14.1. The summed E-state index contributed by atoms with van der Waals surface area (Å²) in [6.45, 7) is 6.33. The van der Waals surface area contributed by atoms with Crippen molar-refractivity contribution >= 4 is 15.9 Å². The van der Waals surface area contributed by atoms with Crippen LogP contribution in [-0.4, -0.2) is 37.3 Å². The van der Waals surface area contributed by atoms with Crippen molar-refractivity contribution < 1.29 is 13.2 Å². The zero-order chi connectivity index (χ0) is 17.0. The van der Waals surface area contributed by atoms with Crippen LogP contribution in [0.2, 0.25) is 0 Å². The number of hydrogen-bond donors (Lipinski definition) is 1. The Balaban J connectivity index is 2.17. The summed E-state index contributed by atoms with van der Waals surface area (Å²) < 4.78 is 27.0. The summed E-state index contributed by atoms with van der Waals surface area (Å²) in [5.41, 5.74) is 1.01. The number of nitrogens with one attached hydrogen (secondary N) is 1. The van der Waals surface area contributed by atoms with Crippen LogP contribution in [0.25, 0.3) is 0 Å². The molecule has 0 saturated carbocycles. The highest BCUT2D eigenvalue weighted by Gasteiger charge is 2.39. The molecule has 0 aliphatic carbocycles. The maximum Gasteiger partial charge on any atom is 0.243 e. The lowest BCUT2D eigenvalue weighted by Gasteiger charge is -2.25. The van der Waals surface area contributed by atoms with Crippen molar-refractivity contribution in [1.29, 1.82) is 0 Å². The number of aryl methyl sites for hydroxylation is 1. The molecule has 1 N–H and O–H groups in total. The van der Waals surface area contributed by atoms with Crippen LogP contribution >= 0.6 is 0 Å². The first kappa shape index (κ1) is 17.9. The van der Waals surface area contributed by atoms with Gasteiger partial charge in [-0.25, -0.2) is 8.42 Å². The third kappa shape index (κ3) is 4.12. The first-order valence-electron chi connectivity index (χ1n) is 8.25. The number of nitrogens with zero attached hydrogens (tertiary/aromatic N) is 1. The summed E-state index contributed by atoms with van der Waals surface area (Å²) >= 11 is 0. The van der Waals surface area contributed by atoms with E-state index in [4.69, 9.17) is 0 Å². The van der Waals surface area contributed by atoms with Crippen molar-refractivity contribution in [3.05, 3.63) is 29.8 Å². The van der Waals surface area contributed by atoms with E-state index in [9.17, 15) is 13.2 Å². The van der Waals surface area contributed by atoms with Gasteiger partial charge in [0.25, 0.3) is 0 Å². The van der Waals surface area contributed by atoms with Gasteiger partial charge >= 0.3 is 0 Å². The van der Waals surface area contributed by atoms with Crippen LogP contribution in [0.5, 0.6) is 0 Å². The minimum Gasteiger partial charge on any atom is -0.352 e. The number of carbonyl (C=O) groups is 1. The summed E-state index contributed by atoms with van der Waals surface area (Å²) in [4.78, 5) is 12.7. The summed E-state index contributed by atoms with van der Waals surface area (Å²) in [5.74, 6) is -0.181. The number of amides is 1. The van der Waals surface area contributed by atoms with E-state index in [0.717, 1.165) is 18.4 Å². The lowest BCUT2D eigenvalue weighted by molar-refractivity contribution is -0.124.